The maximum Gasteiger partial charge on any atom is 0.217 e. The SMILES string of the molecule is CCCCCCCCCCCCCCCCCC(N)=O.CC[N+](C)(C)C.CC[N+](C)(C)C.O=S(=O)([O-])[O-]. The zero-order valence-corrected chi connectivity index (χ0v) is 27.0. The van der Waals surface area contributed by atoms with Crippen LogP contribution in [0.1, 0.15) is 124 Å². The van der Waals surface area contributed by atoms with Gasteiger partial charge in [0.1, 0.15) is 0 Å². The predicted octanol–water partition coefficient (Wildman–Crippen LogP) is 5.82. The van der Waals surface area contributed by atoms with E-state index in [4.69, 9.17) is 23.3 Å². The molecule has 0 aromatic heterocycles. The second kappa shape index (κ2) is 28.3. The molecular weight excluding hydrogens is 490 g/mol. The number of rotatable bonds is 18. The van der Waals surface area contributed by atoms with Crippen LogP contribution in [0, 0.1) is 0 Å². The zero-order valence-electron chi connectivity index (χ0n) is 26.1. The van der Waals surface area contributed by atoms with Crippen molar-refractivity contribution in [3.05, 3.63) is 0 Å². The average Bonchev–Trinajstić information content (AvgIpc) is 2.75. The summed E-state index contributed by atoms with van der Waals surface area (Å²) in [5, 5.41) is 0. The molecular formula is C28H65N3O5S. The highest BCUT2D eigenvalue weighted by atomic mass is 32.3. The second-order valence-corrected chi connectivity index (χ2v) is 12.6. The Bertz CT molecular complexity index is 549. The Balaban J connectivity index is -0.000000258. The maximum absolute atomic E-state index is 10.6. The van der Waals surface area contributed by atoms with E-state index >= 15 is 0 Å². The Labute approximate surface area is 232 Å². The summed E-state index contributed by atoms with van der Waals surface area (Å²) in [7, 11) is 7.92. The molecule has 0 aromatic rings. The van der Waals surface area contributed by atoms with E-state index in [0.717, 1.165) is 15.4 Å². The van der Waals surface area contributed by atoms with Gasteiger partial charge in [-0.1, -0.05) is 96.8 Å². The Morgan fingerprint density at radius 2 is 0.757 bits per heavy atom. The number of hydrogen-bond acceptors (Lipinski definition) is 5. The number of carbonyl (C=O) groups excluding carboxylic acids is 1. The van der Waals surface area contributed by atoms with E-state index in [-0.39, 0.29) is 5.91 Å². The molecule has 8 nitrogen and oxygen atoms in total. The van der Waals surface area contributed by atoms with Crippen LogP contribution >= 0.6 is 0 Å². The van der Waals surface area contributed by atoms with E-state index in [0.29, 0.717) is 6.42 Å². The Morgan fingerprint density at radius 1 is 0.568 bits per heavy atom. The van der Waals surface area contributed by atoms with E-state index in [9.17, 15) is 4.79 Å². The summed E-state index contributed by atoms with van der Waals surface area (Å²) in [5.41, 5.74) is 5.11. The van der Waals surface area contributed by atoms with Crippen molar-refractivity contribution in [2.75, 3.05) is 55.4 Å². The molecule has 0 bridgehead atoms. The van der Waals surface area contributed by atoms with Crippen molar-refractivity contribution >= 4 is 16.3 Å². The van der Waals surface area contributed by atoms with Gasteiger partial charge in [0.25, 0.3) is 0 Å². The molecule has 0 spiro atoms. The number of quaternary nitrogens is 2. The number of nitrogens with zero attached hydrogens (tertiary/aromatic N) is 2. The molecule has 0 aliphatic carbocycles. The van der Waals surface area contributed by atoms with E-state index in [2.05, 4.69) is 63.1 Å². The van der Waals surface area contributed by atoms with Crippen LogP contribution in [0.3, 0.4) is 0 Å². The highest BCUT2D eigenvalue weighted by molar-refractivity contribution is 7.79. The fraction of sp³-hybridized carbons (Fsp3) is 0.964. The summed E-state index contributed by atoms with van der Waals surface area (Å²) < 4.78 is 36.2. The quantitative estimate of drug-likeness (QED) is 0.0987. The molecule has 0 aliphatic heterocycles. The summed E-state index contributed by atoms with van der Waals surface area (Å²) in [4.78, 5) is 10.6. The maximum atomic E-state index is 10.6. The fourth-order valence-electron chi connectivity index (χ4n) is 2.67. The molecule has 228 valence electrons. The third-order valence-electron chi connectivity index (χ3n) is 5.92. The molecule has 0 rings (SSSR count). The zero-order chi connectivity index (χ0) is 29.8. The van der Waals surface area contributed by atoms with Crippen molar-refractivity contribution in [1.29, 1.82) is 0 Å². The molecule has 2 N–H and O–H groups in total. The summed E-state index contributed by atoms with van der Waals surface area (Å²) in [5.74, 6) is -0.153. The van der Waals surface area contributed by atoms with Gasteiger partial charge in [0.05, 0.1) is 55.4 Å². The minimum atomic E-state index is -5.17. The van der Waals surface area contributed by atoms with Crippen LogP contribution in [0.5, 0.6) is 0 Å². The number of primary amides is 1. The lowest BCUT2D eigenvalue weighted by molar-refractivity contribution is -0.868. The Kier molecular flexibility index (Phi) is 33.1. The summed E-state index contributed by atoms with van der Waals surface area (Å²) in [6.45, 7) is 9.05. The van der Waals surface area contributed by atoms with E-state index < -0.39 is 10.4 Å². The first kappa shape index (κ1) is 43.3. The van der Waals surface area contributed by atoms with Crippen molar-refractivity contribution in [3.63, 3.8) is 0 Å². The van der Waals surface area contributed by atoms with E-state index in [1.165, 1.54) is 103 Å². The summed E-state index contributed by atoms with van der Waals surface area (Å²) in [6.07, 6.45) is 20.9. The van der Waals surface area contributed by atoms with Crippen LogP contribution in [0.2, 0.25) is 0 Å². The minimum absolute atomic E-state index is 0.153. The molecule has 0 fully saturated rings. The molecule has 37 heavy (non-hydrogen) atoms. The second-order valence-electron chi connectivity index (χ2n) is 11.8. The summed E-state index contributed by atoms with van der Waals surface area (Å²) >= 11 is 0. The average molecular weight is 556 g/mol. The Hall–Kier alpha value is -0.740. The van der Waals surface area contributed by atoms with Crippen molar-refractivity contribution in [2.45, 2.75) is 124 Å². The molecule has 0 unspecified atom stereocenters. The highest BCUT2D eigenvalue weighted by Gasteiger charge is 1.98. The van der Waals surface area contributed by atoms with Gasteiger partial charge in [-0.05, 0) is 20.3 Å². The van der Waals surface area contributed by atoms with Gasteiger partial charge in [-0.15, -0.1) is 0 Å². The van der Waals surface area contributed by atoms with Crippen LogP contribution < -0.4 is 5.73 Å². The number of amides is 1. The molecule has 0 heterocycles. The lowest BCUT2D eigenvalue weighted by Gasteiger charge is -2.20. The molecule has 9 heteroatoms. The molecule has 0 atom stereocenters. The molecule has 0 aromatic carbocycles. The molecule has 0 saturated heterocycles. The van der Waals surface area contributed by atoms with E-state index in [1.807, 2.05) is 0 Å². The standard InChI is InChI=1S/C18H37NO.2C5H14N.H2O4S/c1-2-3-4-5-6-7-8-9-10-11-12-13-14-15-16-17-18(19)20;2*1-5-6(2,3)4;1-5(2,3)4/h2-17H2,1H3,(H2,19,20);2*5H2,1-4H3;(H2,1,2,3,4)/q;2*+1;/p-2. The third kappa shape index (κ3) is 78.7. The topological polar surface area (TPSA) is 123 Å². The monoisotopic (exact) mass is 555 g/mol. The van der Waals surface area contributed by atoms with E-state index in [1.54, 1.807) is 0 Å². The Morgan fingerprint density at radius 3 is 0.919 bits per heavy atom. The van der Waals surface area contributed by atoms with Gasteiger partial charge in [0.2, 0.25) is 5.91 Å². The van der Waals surface area contributed by atoms with Gasteiger partial charge in [-0.25, -0.2) is 0 Å². The smallest absolute Gasteiger partial charge is 0.217 e. The minimum Gasteiger partial charge on any atom is -0.759 e. The fourth-order valence-corrected chi connectivity index (χ4v) is 2.67. The van der Waals surface area contributed by atoms with Crippen LogP contribution in [0.15, 0.2) is 0 Å². The van der Waals surface area contributed by atoms with Crippen molar-refractivity contribution in [2.24, 2.45) is 5.73 Å². The summed E-state index contributed by atoms with van der Waals surface area (Å²) in [6, 6.07) is 0. The number of nitrogens with two attached hydrogens (primary N) is 1. The first-order valence-electron chi connectivity index (χ1n) is 14.5. The number of unbranched alkanes of at least 4 members (excludes halogenated alkanes) is 14. The van der Waals surface area contributed by atoms with Gasteiger partial charge >= 0.3 is 0 Å². The van der Waals surface area contributed by atoms with Gasteiger partial charge in [0.15, 0.2) is 0 Å². The highest BCUT2D eigenvalue weighted by Crippen LogP contribution is 2.13. The van der Waals surface area contributed by atoms with Crippen LogP contribution in [-0.4, -0.2) is 87.8 Å². The van der Waals surface area contributed by atoms with Gasteiger partial charge in [-0.2, -0.15) is 0 Å². The van der Waals surface area contributed by atoms with Crippen molar-refractivity contribution < 1.29 is 31.3 Å². The lowest BCUT2D eigenvalue weighted by Crippen LogP contribution is -2.33. The van der Waals surface area contributed by atoms with Crippen LogP contribution in [0.4, 0.5) is 0 Å². The van der Waals surface area contributed by atoms with Crippen molar-refractivity contribution in [1.82, 2.24) is 0 Å². The van der Waals surface area contributed by atoms with Gasteiger partial charge in [-0.3, -0.25) is 13.2 Å². The third-order valence-corrected chi connectivity index (χ3v) is 5.92. The predicted molar refractivity (Wildman–Crippen MR) is 156 cm³/mol. The van der Waals surface area contributed by atoms with Crippen molar-refractivity contribution in [3.8, 4) is 0 Å². The molecule has 1 amide bonds. The normalized spacial score (nSPS) is 11.3. The first-order valence-corrected chi connectivity index (χ1v) is 15.8. The van der Waals surface area contributed by atoms with Crippen LogP contribution in [-0.2, 0) is 15.2 Å². The number of hydrogen-bond donors (Lipinski definition) is 1. The lowest BCUT2D eigenvalue weighted by atomic mass is 10.0. The first-order chi connectivity index (χ1) is 16.9. The molecule has 0 aliphatic rings. The molecule has 0 radical (unpaired) electrons. The van der Waals surface area contributed by atoms with Gasteiger partial charge < -0.3 is 23.8 Å². The molecule has 0 saturated carbocycles. The largest absolute Gasteiger partial charge is 0.759 e. The van der Waals surface area contributed by atoms with Gasteiger partial charge in [0, 0.05) is 16.8 Å². The number of carbonyl (C=O) groups is 1. The van der Waals surface area contributed by atoms with Crippen LogP contribution in [0.25, 0.3) is 0 Å².